The normalized spacial score (nSPS) is 16.8. The van der Waals surface area contributed by atoms with Gasteiger partial charge in [-0.25, -0.2) is 14.6 Å². The van der Waals surface area contributed by atoms with Crippen LogP contribution in [0.2, 0.25) is 0 Å². The van der Waals surface area contributed by atoms with Crippen LogP contribution in [0.5, 0.6) is 0 Å². The molecular weight excluding hydrogens is 320 g/mol. The number of nitrogen functional groups attached to an aromatic ring is 1. The Bertz CT molecular complexity index is 962. The smallest absolute Gasteiger partial charge is 0.278 e. The van der Waals surface area contributed by atoms with Crippen molar-refractivity contribution in [3.63, 3.8) is 0 Å². The lowest BCUT2D eigenvalue weighted by Crippen LogP contribution is -2.34. The molecule has 1 fully saturated rings. The predicted octanol–water partition coefficient (Wildman–Crippen LogP) is 2.05. The number of anilines is 2. The highest BCUT2D eigenvalue weighted by molar-refractivity contribution is 6.12. The Kier molecular flexibility index (Phi) is 3.28. The number of hydrogen-bond donors (Lipinski definition) is 3. The summed E-state index contributed by atoms with van der Waals surface area (Å²) in [5.41, 5.74) is 7.95. The molecule has 1 aliphatic carbocycles. The number of rotatable bonds is 3. The fourth-order valence-corrected chi connectivity index (χ4v) is 3.46. The first kappa shape index (κ1) is 15.6. The molecule has 3 heterocycles. The van der Waals surface area contributed by atoms with Gasteiger partial charge in [0.15, 0.2) is 17.2 Å². The number of amides is 1. The lowest BCUT2D eigenvalue weighted by Gasteiger charge is -2.42. The Hall–Kier alpha value is -2.97. The zero-order chi connectivity index (χ0) is 17.8. The zero-order valence-electron chi connectivity index (χ0n) is 14.4. The number of aromatic amines is 1. The Balaban J connectivity index is 1.74. The number of nitrogens with two attached hydrogens (primary N) is 1. The van der Waals surface area contributed by atoms with Gasteiger partial charge in [0.05, 0.1) is 11.4 Å². The van der Waals surface area contributed by atoms with E-state index in [9.17, 15) is 4.79 Å². The van der Waals surface area contributed by atoms with Gasteiger partial charge in [-0.3, -0.25) is 9.89 Å². The molecule has 1 saturated carbocycles. The summed E-state index contributed by atoms with van der Waals surface area (Å²) in [6.07, 6.45) is 3.36. The van der Waals surface area contributed by atoms with Gasteiger partial charge >= 0.3 is 0 Å². The van der Waals surface area contributed by atoms with Crippen LogP contribution in [0, 0.1) is 12.3 Å². The van der Waals surface area contributed by atoms with Crippen molar-refractivity contribution in [2.75, 3.05) is 11.1 Å². The Morgan fingerprint density at radius 3 is 2.80 bits per heavy atom. The number of fused-ring (bicyclic) bond motifs is 1. The minimum absolute atomic E-state index is 0.209. The summed E-state index contributed by atoms with van der Waals surface area (Å²) in [7, 11) is 0. The maximum absolute atomic E-state index is 12.7. The third kappa shape index (κ3) is 2.61. The van der Waals surface area contributed by atoms with E-state index in [4.69, 9.17) is 5.73 Å². The molecule has 3 aromatic rings. The topological polar surface area (TPSA) is 127 Å². The van der Waals surface area contributed by atoms with Crippen molar-refractivity contribution in [3.05, 3.63) is 23.8 Å². The second kappa shape index (κ2) is 5.27. The predicted molar refractivity (Wildman–Crippen MR) is 93.1 cm³/mol. The average molecular weight is 340 g/mol. The fraction of sp³-hybridized carbons (Fsp3) is 0.438. The van der Waals surface area contributed by atoms with Crippen LogP contribution in [-0.4, -0.2) is 35.9 Å². The van der Waals surface area contributed by atoms with Gasteiger partial charge in [0.2, 0.25) is 0 Å². The van der Waals surface area contributed by atoms with Gasteiger partial charge < -0.3 is 11.1 Å². The molecule has 25 heavy (non-hydrogen) atoms. The maximum atomic E-state index is 12.7. The lowest BCUT2D eigenvalue weighted by molar-refractivity contribution is 0.0952. The van der Waals surface area contributed by atoms with Gasteiger partial charge in [-0.15, -0.1) is 0 Å². The van der Waals surface area contributed by atoms with Gasteiger partial charge in [-0.2, -0.15) is 10.2 Å². The fourth-order valence-electron chi connectivity index (χ4n) is 3.46. The summed E-state index contributed by atoms with van der Waals surface area (Å²) in [6, 6.07) is 1.95. The number of aryl methyl sites for hydroxylation is 1. The zero-order valence-corrected chi connectivity index (χ0v) is 14.4. The average Bonchev–Trinajstić information content (AvgIpc) is 3.09. The van der Waals surface area contributed by atoms with Crippen LogP contribution < -0.4 is 11.1 Å². The van der Waals surface area contributed by atoms with Gasteiger partial charge in [0, 0.05) is 11.8 Å². The van der Waals surface area contributed by atoms with E-state index in [1.165, 1.54) is 6.33 Å². The van der Waals surface area contributed by atoms with Crippen molar-refractivity contribution >= 4 is 28.6 Å². The molecule has 1 amide bonds. The first-order chi connectivity index (χ1) is 11.8. The molecule has 9 heteroatoms. The van der Waals surface area contributed by atoms with Crippen LogP contribution in [0.4, 0.5) is 11.6 Å². The number of aromatic nitrogens is 6. The van der Waals surface area contributed by atoms with Gasteiger partial charge in [-0.1, -0.05) is 13.8 Å². The van der Waals surface area contributed by atoms with Gasteiger partial charge in [0.1, 0.15) is 12.1 Å². The van der Waals surface area contributed by atoms with E-state index in [2.05, 4.69) is 44.4 Å². The number of H-pyrrole nitrogens is 1. The third-order valence-corrected chi connectivity index (χ3v) is 4.60. The summed E-state index contributed by atoms with van der Waals surface area (Å²) in [6.45, 7) is 6.29. The van der Waals surface area contributed by atoms with Gasteiger partial charge in [0.25, 0.3) is 5.91 Å². The largest absolute Gasteiger partial charge is 0.383 e. The Labute approximate surface area is 144 Å². The van der Waals surface area contributed by atoms with E-state index in [-0.39, 0.29) is 28.9 Å². The van der Waals surface area contributed by atoms with Crippen LogP contribution >= 0.6 is 0 Å². The van der Waals surface area contributed by atoms with E-state index < -0.39 is 0 Å². The number of carbonyl (C=O) groups excluding carboxylic acids is 1. The summed E-state index contributed by atoms with van der Waals surface area (Å²) in [4.78, 5) is 21.0. The second-order valence-electron chi connectivity index (χ2n) is 7.37. The molecule has 0 bridgehead atoms. The van der Waals surface area contributed by atoms with Crippen LogP contribution in [0.3, 0.4) is 0 Å². The Morgan fingerprint density at radius 2 is 2.16 bits per heavy atom. The summed E-state index contributed by atoms with van der Waals surface area (Å²) in [5.74, 6) is 0.305. The molecular formula is C16H20N8O. The third-order valence-electron chi connectivity index (χ3n) is 4.60. The number of nitrogens with zero attached hydrogens (tertiary/aromatic N) is 5. The van der Waals surface area contributed by atoms with Crippen molar-refractivity contribution in [2.45, 2.75) is 39.7 Å². The van der Waals surface area contributed by atoms with E-state index in [1.807, 2.05) is 11.6 Å². The summed E-state index contributed by atoms with van der Waals surface area (Å²) < 4.78 is 1.81. The standard InChI is InChI=1S/C16H20N8O/c1-8-4-10(22-21-8)20-15(25)12-11-13(17)18-7-19-14(11)24(23-12)9-5-16(2,3)6-9/h4,7,9H,5-6H2,1-3H3,(H2,17,18,19)(H2,20,21,22,25). The summed E-state index contributed by atoms with van der Waals surface area (Å²) in [5, 5.41) is 14.5. The minimum atomic E-state index is -0.379. The van der Waals surface area contributed by atoms with Crippen molar-refractivity contribution < 1.29 is 4.79 Å². The molecule has 3 aromatic heterocycles. The van der Waals surface area contributed by atoms with Crippen molar-refractivity contribution in [1.29, 1.82) is 0 Å². The molecule has 1 aliphatic rings. The second-order valence-corrected chi connectivity index (χ2v) is 7.37. The highest BCUT2D eigenvalue weighted by Crippen LogP contribution is 2.48. The molecule has 0 saturated heterocycles. The van der Waals surface area contributed by atoms with Crippen LogP contribution in [0.1, 0.15) is 48.9 Å². The van der Waals surface area contributed by atoms with E-state index in [1.54, 1.807) is 6.07 Å². The summed E-state index contributed by atoms with van der Waals surface area (Å²) >= 11 is 0. The molecule has 4 rings (SSSR count). The molecule has 0 spiro atoms. The van der Waals surface area contributed by atoms with Crippen molar-refractivity contribution in [2.24, 2.45) is 5.41 Å². The quantitative estimate of drug-likeness (QED) is 0.669. The SMILES string of the molecule is Cc1cc(NC(=O)c2nn(C3CC(C)(C)C3)c3ncnc(N)c23)n[nH]1. The molecule has 0 radical (unpaired) electrons. The molecule has 0 atom stereocenters. The highest BCUT2D eigenvalue weighted by atomic mass is 16.2. The van der Waals surface area contributed by atoms with Crippen LogP contribution in [0.25, 0.3) is 11.0 Å². The van der Waals surface area contributed by atoms with Crippen molar-refractivity contribution in [1.82, 2.24) is 29.9 Å². The molecule has 0 aliphatic heterocycles. The number of nitrogens with one attached hydrogen (secondary N) is 2. The molecule has 9 nitrogen and oxygen atoms in total. The lowest BCUT2D eigenvalue weighted by atomic mass is 9.68. The number of hydrogen-bond acceptors (Lipinski definition) is 6. The van der Waals surface area contributed by atoms with E-state index >= 15 is 0 Å². The van der Waals surface area contributed by atoms with E-state index in [0.29, 0.717) is 16.9 Å². The first-order valence-electron chi connectivity index (χ1n) is 8.16. The maximum Gasteiger partial charge on any atom is 0.278 e. The molecule has 0 aromatic carbocycles. The first-order valence-corrected chi connectivity index (χ1v) is 8.16. The molecule has 0 unspecified atom stereocenters. The highest BCUT2D eigenvalue weighted by Gasteiger charge is 2.39. The van der Waals surface area contributed by atoms with Gasteiger partial charge in [-0.05, 0) is 25.2 Å². The Morgan fingerprint density at radius 1 is 1.40 bits per heavy atom. The van der Waals surface area contributed by atoms with Crippen molar-refractivity contribution in [3.8, 4) is 0 Å². The minimum Gasteiger partial charge on any atom is -0.383 e. The van der Waals surface area contributed by atoms with Crippen LogP contribution in [0.15, 0.2) is 12.4 Å². The monoisotopic (exact) mass is 340 g/mol. The van der Waals surface area contributed by atoms with E-state index in [0.717, 1.165) is 18.5 Å². The molecule has 130 valence electrons. The van der Waals surface area contributed by atoms with Crippen LogP contribution in [-0.2, 0) is 0 Å². The molecule has 4 N–H and O–H groups in total. The number of carbonyl (C=O) groups is 1.